The standard InChI is InChI=1S/C29H30FOS/c1-29(18-25-20-12-13-21(16-20)26(25)19-29)31-28-15-14-24(17-27(28)30)32(22-8-4-2-5-9-22)23-10-6-3-7-11-23/h2-11,14-15,17,20-21,25-26H,12-13,16,18-19H2,1H3/q+1. The van der Waals surface area contributed by atoms with Crippen molar-refractivity contribution < 1.29 is 9.13 Å². The van der Waals surface area contributed by atoms with Gasteiger partial charge in [0.1, 0.15) is 5.60 Å². The van der Waals surface area contributed by atoms with Gasteiger partial charge < -0.3 is 4.74 Å². The summed E-state index contributed by atoms with van der Waals surface area (Å²) in [6, 6.07) is 26.4. The van der Waals surface area contributed by atoms with E-state index in [1.807, 2.05) is 18.2 Å². The molecule has 3 fully saturated rings. The van der Waals surface area contributed by atoms with Crippen molar-refractivity contribution in [1.82, 2.24) is 0 Å². The quantitative estimate of drug-likeness (QED) is 0.369. The first-order chi connectivity index (χ1) is 15.6. The first kappa shape index (κ1) is 20.4. The van der Waals surface area contributed by atoms with Crippen LogP contribution < -0.4 is 4.74 Å². The van der Waals surface area contributed by atoms with E-state index in [-0.39, 0.29) is 22.3 Å². The second-order valence-electron chi connectivity index (χ2n) is 10.1. The molecule has 0 heterocycles. The largest absolute Gasteiger partial charge is 0.484 e. The third-order valence-corrected chi connectivity index (χ3v) is 10.3. The van der Waals surface area contributed by atoms with Crippen LogP contribution in [0.3, 0.4) is 0 Å². The molecule has 0 aliphatic heterocycles. The monoisotopic (exact) mass is 445 g/mol. The summed E-state index contributed by atoms with van der Waals surface area (Å²) in [7, 11) is -0.348. The topological polar surface area (TPSA) is 9.23 Å². The van der Waals surface area contributed by atoms with Crippen molar-refractivity contribution >= 4 is 10.9 Å². The Hall–Kier alpha value is -2.26. The van der Waals surface area contributed by atoms with Crippen molar-refractivity contribution in [2.75, 3.05) is 0 Å². The van der Waals surface area contributed by atoms with Gasteiger partial charge in [-0.15, -0.1) is 0 Å². The van der Waals surface area contributed by atoms with E-state index < -0.39 is 0 Å². The van der Waals surface area contributed by atoms with E-state index in [1.165, 1.54) is 29.1 Å². The van der Waals surface area contributed by atoms with Crippen LogP contribution in [0.4, 0.5) is 4.39 Å². The molecule has 0 spiro atoms. The molecule has 1 nitrogen and oxygen atoms in total. The summed E-state index contributed by atoms with van der Waals surface area (Å²) in [6.07, 6.45) is 6.38. The van der Waals surface area contributed by atoms with Crippen molar-refractivity contribution in [3.63, 3.8) is 0 Å². The zero-order chi connectivity index (χ0) is 21.7. The van der Waals surface area contributed by atoms with Crippen molar-refractivity contribution in [1.29, 1.82) is 0 Å². The van der Waals surface area contributed by atoms with Crippen LogP contribution in [-0.2, 0) is 10.9 Å². The lowest BCUT2D eigenvalue weighted by molar-refractivity contribution is 0.0780. The molecule has 6 rings (SSSR count). The second-order valence-corrected chi connectivity index (χ2v) is 12.2. The molecule has 0 amide bonds. The van der Waals surface area contributed by atoms with Crippen LogP contribution in [0.25, 0.3) is 0 Å². The molecule has 3 aromatic carbocycles. The SMILES string of the molecule is CC1(Oc2ccc([S+](c3ccccc3)c3ccccc3)cc2F)CC2C3CCC(C3)C2C1. The van der Waals surface area contributed by atoms with Crippen LogP contribution in [0.1, 0.15) is 39.0 Å². The number of ether oxygens (including phenoxy) is 1. The molecule has 32 heavy (non-hydrogen) atoms. The summed E-state index contributed by atoms with van der Waals surface area (Å²) in [4.78, 5) is 3.37. The van der Waals surface area contributed by atoms with Crippen molar-refractivity contribution in [2.24, 2.45) is 23.7 Å². The van der Waals surface area contributed by atoms with Gasteiger partial charge >= 0.3 is 0 Å². The molecule has 4 atom stereocenters. The fourth-order valence-electron chi connectivity index (χ4n) is 6.81. The summed E-state index contributed by atoms with van der Waals surface area (Å²) in [5.41, 5.74) is -0.237. The average molecular weight is 446 g/mol. The Bertz CT molecular complexity index is 1040. The van der Waals surface area contributed by atoms with Gasteiger partial charge in [0.2, 0.25) is 0 Å². The zero-order valence-corrected chi connectivity index (χ0v) is 19.4. The van der Waals surface area contributed by atoms with Gasteiger partial charge in [0.15, 0.2) is 26.3 Å². The molecule has 4 unspecified atom stereocenters. The van der Waals surface area contributed by atoms with Gasteiger partial charge in [-0.3, -0.25) is 0 Å². The fourth-order valence-corrected chi connectivity index (χ4v) is 8.91. The van der Waals surface area contributed by atoms with Crippen molar-refractivity contribution in [3.8, 4) is 5.75 Å². The van der Waals surface area contributed by atoms with Gasteiger partial charge in [0.25, 0.3) is 0 Å². The molecule has 3 saturated carbocycles. The Labute approximate surface area is 193 Å². The van der Waals surface area contributed by atoms with E-state index in [4.69, 9.17) is 4.74 Å². The lowest BCUT2D eigenvalue weighted by atomic mass is 9.82. The molecule has 3 aromatic rings. The molecule has 3 aliphatic carbocycles. The summed E-state index contributed by atoms with van der Waals surface area (Å²) < 4.78 is 21.8. The molecule has 164 valence electrons. The molecule has 3 aliphatic rings. The first-order valence-electron chi connectivity index (χ1n) is 11.9. The molecule has 0 radical (unpaired) electrons. The van der Waals surface area contributed by atoms with Crippen LogP contribution in [0.2, 0.25) is 0 Å². The van der Waals surface area contributed by atoms with E-state index in [0.717, 1.165) is 41.4 Å². The van der Waals surface area contributed by atoms with E-state index in [2.05, 4.69) is 61.5 Å². The Balaban J connectivity index is 1.28. The van der Waals surface area contributed by atoms with Crippen LogP contribution >= 0.6 is 0 Å². The number of rotatable bonds is 5. The van der Waals surface area contributed by atoms with Crippen molar-refractivity contribution in [2.45, 2.75) is 59.3 Å². The molecule has 2 bridgehead atoms. The maximum absolute atomic E-state index is 15.4. The second kappa shape index (κ2) is 7.95. The summed E-state index contributed by atoms with van der Waals surface area (Å²) in [5.74, 6) is 3.54. The van der Waals surface area contributed by atoms with Crippen LogP contribution in [0.5, 0.6) is 5.75 Å². The highest BCUT2D eigenvalue weighted by Gasteiger charge is 2.56. The summed E-state index contributed by atoms with van der Waals surface area (Å²) in [6.45, 7) is 2.20. The van der Waals surface area contributed by atoms with E-state index in [0.29, 0.717) is 5.75 Å². The third kappa shape index (κ3) is 3.55. The summed E-state index contributed by atoms with van der Waals surface area (Å²) >= 11 is 0. The van der Waals surface area contributed by atoms with E-state index in [9.17, 15) is 0 Å². The highest BCUT2D eigenvalue weighted by atomic mass is 32.2. The average Bonchev–Trinajstić information content (AvgIpc) is 3.50. The Morgan fingerprint density at radius 2 is 1.34 bits per heavy atom. The maximum Gasteiger partial charge on any atom is 0.170 e. The Kier molecular flexibility index (Phi) is 5.06. The van der Waals surface area contributed by atoms with Crippen LogP contribution in [0, 0.1) is 29.5 Å². The minimum Gasteiger partial charge on any atom is -0.484 e. The smallest absolute Gasteiger partial charge is 0.170 e. The fraction of sp³-hybridized carbons (Fsp3) is 0.379. The highest BCUT2D eigenvalue weighted by Crippen LogP contribution is 2.61. The highest BCUT2D eigenvalue weighted by molar-refractivity contribution is 7.97. The maximum atomic E-state index is 15.4. The predicted molar refractivity (Wildman–Crippen MR) is 128 cm³/mol. The molecular formula is C29H30FOS+. The molecule has 0 saturated heterocycles. The van der Waals surface area contributed by atoms with Gasteiger partial charge in [-0.25, -0.2) is 4.39 Å². The number of hydrogen-bond donors (Lipinski definition) is 0. The van der Waals surface area contributed by atoms with E-state index >= 15 is 4.39 Å². The summed E-state index contributed by atoms with van der Waals surface area (Å²) in [5, 5.41) is 0. The number of benzene rings is 3. The van der Waals surface area contributed by atoms with Gasteiger partial charge in [0.05, 0.1) is 10.9 Å². The Morgan fingerprint density at radius 1 is 0.781 bits per heavy atom. The van der Waals surface area contributed by atoms with Gasteiger partial charge in [-0.05, 0) is 99.1 Å². The Morgan fingerprint density at radius 3 is 1.88 bits per heavy atom. The van der Waals surface area contributed by atoms with Gasteiger partial charge in [0, 0.05) is 6.07 Å². The number of hydrogen-bond acceptors (Lipinski definition) is 1. The van der Waals surface area contributed by atoms with Crippen LogP contribution in [0.15, 0.2) is 93.5 Å². The van der Waals surface area contributed by atoms with Crippen molar-refractivity contribution in [3.05, 3.63) is 84.7 Å². The number of halogens is 1. The number of fused-ring (bicyclic) bond motifs is 5. The molecule has 0 N–H and O–H groups in total. The van der Waals surface area contributed by atoms with Gasteiger partial charge in [-0.1, -0.05) is 36.4 Å². The lowest BCUT2D eigenvalue weighted by Crippen LogP contribution is -2.30. The minimum absolute atomic E-state index is 0.237. The first-order valence-corrected chi connectivity index (χ1v) is 13.2. The predicted octanol–water partition coefficient (Wildman–Crippen LogP) is 7.51. The normalized spacial score (nSPS) is 30.6. The van der Waals surface area contributed by atoms with Crippen LogP contribution in [-0.4, -0.2) is 5.60 Å². The lowest BCUT2D eigenvalue weighted by Gasteiger charge is -2.28. The van der Waals surface area contributed by atoms with E-state index in [1.54, 1.807) is 6.07 Å². The molecular weight excluding hydrogens is 415 g/mol. The third-order valence-electron chi connectivity index (χ3n) is 8.06. The minimum atomic E-state index is -0.348. The zero-order valence-electron chi connectivity index (χ0n) is 18.5. The molecule has 3 heteroatoms. The van der Waals surface area contributed by atoms with Gasteiger partial charge in [-0.2, -0.15) is 0 Å². The molecule has 0 aromatic heterocycles.